The molecule has 0 unspecified atom stereocenters. The molecule has 0 saturated carbocycles. The van der Waals surface area contributed by atoms with Gasteiger partial charge in [-0.3, -0.25) is 4.79 Å². The monoisotopic (exact) mass is 382 g/mol. The molecule has 0 aliphatic carbocycles. The summed E-state index contributed by atoms with van der Waals surface area (Å²) in [6.07, 6.45) is 1.74. The average Bonchev–Trinajstić information content (AvgIpc) is 2.58. The van der Waals surface area contributed by atoms with Crippen LogP contribution >= 0.6 is 15.9 Å². The van der Waals surface area contributed by atoms with E-state index in [1.54, 1.807) is 18.2 Å². The number of phenolic OH excluding ortho intramolecular Hbond substituents is 1. The van der Waals surface area contributed by atoms with Crippen LogP contribution in [0.5, 0.6) is 5.75 Å². The van der Waals surface area contributed by atoms with Crippen molar-refractivity contribution in [3.05, 3.63) is 76.3 Å². The fourth-order valence-corrected chi connectivity index (χ4v) is 2.81. The zero-order valence-electron chi connectivity index (χ0n) is 12.7. The van der Waals surface area contributed by atoms with E-state index >= 15 is 0 Å². The van der Waals surface area contributed by atoms with E-state index in [1.165, 1.54) is 6.21 Å². The number of carbonyl (C=O) groups excluding carboxylic acids is 1. The smallest absolute Gasteiger partial charge is 0.244 e. The molecule has 3 rings (SSSR count). The topological polar surface area (TPSA) is 61.7 Å². The summed E-state index contributed by atoms with van der Waals surface area (Å²) in [4.78, 5) is 12.1. The summed E-state index contributed by atoms with van der Waals surface area (Å²) in [6, 6.07) is 18.7. The molecule has 3 aromatic carbocycles. The third-order valence-electron chi connectivity index (χ3n) is 3.60. The number of amides is 1. The summed E-state index contributed by atoms with van der Waals surface area (Å²) in [5, 5.41) is 15.6. The standard InChI is InChI=1S/C19H15BrN2O2/c20-18-9-8-16(23)10-15(18)12-21-22-19(24)11-14-6-3-5-13-4-1-2-7-17(13)14/h1-10,12,23H,11H2,(H,22,24)/b21-12+. The Kier molecular flexibility index (Phi) is 4.91. The number of fused-ring (bicyclic) bond motifs is 1. The van der Waals surface area contributed by atoms with Crippen LogP contribution in [0, 0.1) is 0 Å². The van der Waals surface area contributed by atoms with E-state index in [1.807, 2.05) is 42.5 Å². The zero-order chi connectivity index (χ0) is 16.9. The van der Waals surface area contributed by atoms with Crippen LogP contribution in [-0.2, 0) is 11.2 Å². The Hall–Kier alpha value is -2.66. The zero-order valence-corrected chi connectivity index (χ0v) is 14.3. The van der Waals surface area contributed by atoms with Gasteiger partial charge < -0.3 is 5.11 Å². The molecule has 120 valence electrons. The van der Waals surface area contributed by atoms with E-state index < -0.39 is 0 Å². The summed E-state index contributed by atoms with van der Waals surface area (Å²) >= 11 is 3.36. The molecule has 0 fully saturated rings. The SMILES string of the molecule is O=C(Cc1cccc2ccccc12)N/N=C/c1cc(O)ccc1Br. The molecule has 5 heteroatoms. The van der Waals surface area contributed by atoms with Crippen molar-refractivity contribution in [2.24, 2.45) is 5.10 Å². The fourth-order valence-electron chi connectivity index (χ4n) is 2.46. The van der Waals surface area contributed by atoms with E-state index in [-0.39, 0.29) is 18.1 Å². The van der Waals surface area contributed by atoms with Crippen molar-refractivity contribution >= 4 is 38.8 Å². The van der Waals surface area contributed by atoms with Gasteiger partial charge in [0, 0.05) is 10.0 Å². The molecule has 2 N–H and O–H groups in total. The second kappa shape index (κ2) is 7.27. The molecule has 1 amide bonds. The quantitative estimate of drug-likeness (QED) is 0.529. The van der Waals surface area contributed by atoms with Crippen LogP contribution < -0.4 is 5.43 Å². The van der Waals surface area contributed by atoms with Gasteiger partial charge in [0.15, 0.2) is 0 Å². The number of phenols is 1. The minimum atomic E-state index is -0.195. The minimum absolute atomic E-state index is 0.140. The molecule has 0 aliphatic rings. The van der Waals surface area contributed by atoms with Crippen molar-refractivity contribution in [1.82, 2.24) is 5.43 Å². The molecule has 3 aromatic rings. The maximum absolute atomic E-state index is 12.1. The van der Waals surface area contributed by atoms with Gasteiger partial charge >= 0.3 is 0 Å². The highest BCUT2D eigenvalue weighted by Gasteiger charge is 2.06. The van der Waals surface area contributed by atoms with Gasteiger partial charge in [-0.15, -0.1) is 0 Å². The van der Waals surface area contributed by atoms with Gasteiger partial charge in [0.05, 0.1) is 12.6 Å². The van der Waals surface area contributed by atoms with Crippen LogP contribution in [0.1, 0.15) is 11.1 Å². The number of rotatable bonds is 4. The first kappa shape index (κ1) is 16.2. The molecule has 0 aliphatic heterocycles. The van der Waals surface area contributed by atoms with Crippen molar-refractivity contribution in [2.75, 3.05) is 0 Å². The molecule has 0 atom stereocenters. The van der Waals surface area contributed by atoms with Gasteiger partial charge in [-0.2, -0.15) is 5.10 Å². The third kappa shape index (κ3) is 3.81. The summed E-state index contributed by atoms with van der Waals surface area (Å²) in [5.74, 6) is -0.0550. The van der Waals surface area contributed by atoms with Crippen molar-refractivity contribution in [3.63, 3.8) is 0 Å². The van der Waals surface area contributed by atoms with Crippen molar-refractivity contribution in [3.8, 4) is 5.75 Å². The van der Waals surface area contributed by atoms with Gasteiger partial charge in [-0.25, -0.2) is 5.43 Å². The molecule has 0 spiro atoms. The third-order valence-corrected chi connectivity index (χ3v) is 4.33. The Balaban J connectivity index is 1.69. The molecular formula is C19H15BrN2O2. The fraction of sp³-hybridized carbons (Fsp3) is 0.0526. The maximum atomic E-state index is 12.1. The van der Waals surface area contributed by atoms with Crippen molar-refractivity contribution < 1.29 is 9.90 Å². The number of hydrogen-bond acceptors (Lipinski definition) is 3. The molecule has 0 aromatic heterocycles. The summed E-state index contributed by atoms with van der Waals surface area (Å²) in [6.45, 7) is 0. The van der Waals surface area contributed by atoms with Crippen LogP contribution in [0.2, 0.25) is 0 Å². The summed E-state index contributed by atoms with van der Waals surface area (Å²) in [7, 11) is 0. The Bertz CT molecular complexity index is 917. The lowest BCUT2D eigenvalue weighted by molar-refractivity contribution is -0.120. The van der Waals surface area contributed by atoms with Crippen LogP contribution in [0.4, 0.5) is 0 Å². The minimum Gasteiger partial charge on any atom is -0.508 e. The van der Waals surface area contributed by atoms with Gasteiger partial charge in [-0.1, -0.05) is 58.4 Å². The first-order chi connectivity index (χ1) is 11.6. The maximum Gasteiger partial charge on any atom is 0.244 e. The Morgan fingerprint density at radius 1 is 1.12 bits per heavy atom. The van der Waals surface area contributed by atoms with E-state index in [9.17, 15) is 9.90 Å². The number of hydrazone groups is 1. The average molecular weight is 383 g/mol. The molecule has 0 bridgehead atoms. The van der Waals surface area contributed by atoms with Gasteiger partial charge in [-0.05, 0) is 34.5 Å². The van der Waals surface area contributed by atoms with Crippen LogP contribution in [0.3, 0.4) is 0 Å². The number of nitrogens with one attached hydrogen (secondary N) is 1. The highest BCUT2D eigenvalue weighted by molar-refractivity contribution is 9.10. The predicted molar refractivity (Wildman–Crippen MR) is 99.2 cm³/mol. The Labute approximate surface area is 148 Å². The molecule has 0 heterocycles. The number of aromatic hydroxyl groups is 1. The van der Waals surface area contributed by atoms with E-state index in [0.717, 1.165) is 20.8 Å². The number of carbonyl (C=O) groups is 1. The van der Waals surface area contributed by atoms with E-state index in [0.29, 0.717) is 5.56 Å². The lowest BCUT2D eigenvalue weighted by Crippen LogP contribution is -2.19. The normalized spacial score (nSPS) is 11.0. The van der Waals surface area contributed by atoms with E-state index in [2.05, 4.69) is 26.5 Å². The molecule has 24 heavy (non-hydrogen) atoms. The number of halogens is 1. The highest BCUT2D eigenvalue weighted by atomic mass is 79.9. The van der Waals surface area contributed by atoms with Crippen molar-refractivity contribution in [2.45, 2.75) is 6.42 Å². The van der Waals surface area contributed by atoms with E-state index in [4.69, 9.17) is 0 Å². The lowest BCUT2D eigenvalue weighted by Gasteiger charge is -2.05. The first-order valence-electron chi connectivity index (χ1n) is 7.40. The van der Waals surface area contributed by atoms with Crippen molar-refractivity contribution in [1.29, 1.82) is 0 Å². The Morgan fingerprint density at radius 2 is 1.92 bits per heavy atom. The lowest BCUT2D eigenvalue weighted by atomic mass is 10.0. The second-order valence-corrected chi connectivity index (χ2v) is 6.17. The molecule has 0 radical (unpaired) electrons. The van der Waals surface area contributed by atoms with Crippen LogP contribution in [-0.4, -0.2) is 17.2 Å². The van der Waals surface area contributed by atoms with Gasteiger partial charge in [0.25, 0.3) is 0 Å². The van der Waals surface area contributed by atoms with Gasteiger partial charge in [0.1, 0.15) is 5.75 Å². The number of hydrogen-bond donors (Lipinski definition) is 2. The molecular weight excluding hydrogens is 368 g/mol. The highest BCUT2D eigenvalue weighted by Crippen LogP contribution is 2.20. The van der Waals surface area contributed by atoms with Gasteiger partial charge in [0.2, 0.25) is 5.91 Å². The predicted octanol–water partition coefficient (Wildman–Crippen LogP) is 4.00. The largest absolute Gasteiger partial charge is 0.508 e. The molecule has 4 nitrogen and oxygen atoms in total. The first-order valence-corrected chi connectivity index (χ1v) is 8.20. The second-order valence-electron chi connectivity index (χ2n) is 5.31. The summed E-state index contributed by atoms with van der Waals surface area (Å²) in [5.41, 5.74) is 4.16. The Morgan fingerprint density at radius 3 is 2.79 bits per heavy atom. The molecule has 0 saturated heterocycles. The van der Waals surface area contributed by atoms with Crippen LogP contribution in [0.25, 0.3) is 10.8 Å². The summed E-state index contributed by atoms with van der Waals surface area (Å²) < 4.78 is 0.785. The number of nitrogens with zero attached hydrogens (tertiary/aromatic N) is 1. The van der Waals surface area contributed by atoms with Crippen LogP contribution in [0.15, 0.2) is 70.2 Å². The number of benzene rings is 3.